The summed E-state index contributed by atoms with van der Waals surface area (Å²) in [6, 6.07) is 0.540. The highest BCUT2D eigenvalue weighted by atomic mass is 32.1. The molecule has 0 aromatic carbocycles. The van der Waals surface area contributed by atoms with E-state index in [1.807, 2.05) is 0 Å². The molecular weight excluding hydrogens is 196 g/mol. The molecule has 0 aromatic rings. The molecule has 2 atom stereocenters. The van der Waals surface area contributed by atoms with Gasteiger partial charge in [0.2, 0.25) is 0 Å². The Morgan fingerprint density at radius 1 is 1.64 bits per heavy atom. The average Bonchev–Trinajstić information content (AvgIpc) is 2.09. The quantitative estimate of drug-likeness (QED) is 0.494. The van der Waals surface area contributed by atoms with Gasteiger partial charge in [-0.1, -0.05) is 6.92 Å². The maximum Gasteiger partial charge on any atom is 0.184 e. The Bertz CT molecular complexity index is 251. The second-order valence-electron chi connectivity index (χ2n) is 3.97. The molecule has 0 radical (unpaired) electrons. The highest BCUT2D eigenvalue weighted by Gasteiger charge is 2.25. The summed E-state index contributed by atoms with van der Waals surface area (Å²) >= 11 is 4.70. The minimum absolute atomic E-state index is 0.233. The monoisotopic (exact) mass is 214 g/mol. The Hall–Kier alpha value is -0.680. The van der Waals surface area contributed by atoms with Crippen LogP contribution < -0.4 is 11.2 Å². The highest BCUT2D eigenvalue weighted by molar-refractivity contribution is 7.80. The molecule has 1 saturated heterocycles. The second kappa shape index (κ2) is 4.70. The lowest BCUT2D eigenvalue weighted by atomic mass is 9.93. The number of piperidine rings is 1. The van der Waals surface area contributed by atoms with Crippen LogP contribution in [0.5, 0.6) is 0 Å². The lowest BCUT2D eigenvalue weighted by Gasteiger charge is -2.34. The van der Waals surface area contributed by atoms with Gasteiger partial charge in [0.15, 0.2) is 5.11 Å². The molecule has 0 spiro atoms. The van der Waals surface area contributed by atoms with Crippen molar-refractivity contribution in [1.29, 1.82) is 0 Å². The van der Waals surface area contributed by atoms with Crippen LogP contribution in [0, 0.1) is 5.92 Å². The van der Waals surface area contributed by atoms with Crippen molar-refractivity contribution < 1.29 is 0 Å². The van der Waals surface area contributed by atoms with Crippen molar-refractivity contribution in [2.24, 2.45) is 16.8 Å². The fourth-order valence-electron chi connectivity index (χ4n) is 1.66. The van der Waals surface area contributed by atoms with E-state index in [-0.39, 0.29) is 5.11 Å². The van der Waals surface area contributed by atoms with E-state index in [0.717, 1.165) is 18.7 Å². The van der Waals surface area contributed by atoms with Gasteiger partial charge in [0, 0.05) is 30.6 Å². The molecule has 0 unspecified atom stereocenters. The van der Waals surface area contributed by atoms with Crippen LogP contribution in [-0.2, 0) is 0 Å². The Morgan fingerprint density at radius 3 is 2.86 bits per heavy atom. The summed E-state index contributed by atoms with van der Waals surface area (Å²) in [5, 5.41) is 4.46. The van der Waals surface area contributed by atoms with E-state index in [9.17, 15) is 0 Å². The molecule has 0 aromatic heterocycles. The second-order valence-corrected chi connectivity index (χ2v) is 4.41. The number of hydrogen-bond acceptors (Lipinski definition) is 3. The van der Waals surface area contributed by atoms with Crippen LogP contribution in [0.1, 0.15) is 20.3 Å². The lowest BCUT2D eigenvalue weighted by Crippen LogP contribution is -2.44. The average molecular weight is 214 g/mol. The standard InChI is InChI=1S/C9H18N4S/c1-6-5-13(3)7(2)4-8(6)11-12-9(10)14/h6-7H,4-5H2,1-3H3,(H3,10,12,14)/b11-8-/t6-,7-/m0/s1. The number of hydrogen-bond donors (Lipinski definition) is 2. The summed E-state index contributed by atoms with van der Waals surface area (Å²) in [5.74, 6) is 0.470. The number of likely N-dealkylation sites (tertiary alicyclic amines) is 1. The maximum atomic E-state index is 5.32. The summed E-state index contributed by atoms with van der Waals surface area (Å²) in [6.45, 7) is 5.41. The minimum Gasteiger partial charge on any atom is -0.375 e. The van der Waals surface area contributed by atoms with Crippen molar-refractivity contribution in [2.75, 3.05) is 13.6 Å². The summed E-state index contributed by atoms with van der Waals surface area (Å²) < 4.78 is 0. The lowest BCUT2D eigenvalue weighted by molar-refractivity contribution is 0.225. The molecule has 3 N–H and O–H groups in total. The molecule has 1 rings (SSSR count). The van der Waals surface area contributed by atoms with Crippen LogP contribution in [0.4, 0.5) is 0 Å². The van der Waals surface area contributed by atoms with Gasteiger partial charge in [0.1, 0.15) is 0 Å². The Kier molecular flexibility index (Phi) is 3.83. The number of hydrazone groups is 1. The summed E-state index contributed by atoms with van der Waals surface area (Å²) in [6.07, 6.45) is 0.979. The van der Waals surface area contributed by atoms with Crippen LogP contribution in [0.3, 0.4) is 0 Å². The number of nitrogens with two attached hydrogens (primary N) is 1. The zero-order valence-electron chi connectivity index (χ0n) is 8.95. The molecule has 1 aliphatic rings. The molecule has 0 saturated carbocycles. The van der Waals surface area contributed by atoms with Crippen LogP contribution in [0.15, 0.2) is 5.10 Å². The molecule has 80 valence electrons. The van der Waals surface area contributed by atoms with Gasteiger partial charge in [0.05, 0.1) is 0 Å². The molecule has 0 bridgehead atoms. The first kappa shape index (κ1) is 11.4. The molecule has 5 heteroatoms. The zero-order valence-corrected chi connectivity index (χ0v) is 9.77. The smallest absolute Gasteiger partial charge is 0.184 e. The molecule has 1 fully saturated rings. The van der Waals surface area contributed by atoms with E-state index in [2.05, 4.69) is 36.3 Å². The van der Waals surface area contributed by atoms with Crippen molar-refractivity contribution in [3.8, 4) is 0 Å². The molecule has 1 aliphatic heterocycles. The SMILES string of the molecule is C[C@H]1CN(C)[C@@H](C)C/C1=N/NC(N)=S. The van der Waals surface area contributed by atoms with Crippen LogP contribution in [0.25, 0.3) is 0 Å². The summed E-state index contributed by atoms with van der Waals surface area (Å²) in [5.41, 5.74) is 9.14. The summed E-state index contributed by atoms with van der Waals surface area (Å²) in [7, 11) is 2.14. The van der Waals surface area contributed by atoms with Crippen molar-refractivity contribution in [1.82, 2.24) is 10.3 Å². The van der Waals surface area contributed by atoms with Gasteiger partial charge in [-0.3, -0.25) is 5.43 Å². The third kappa shape index (κ3) is 2.92. The Morgan fingerprint density at radius 2 is 2.29 bits per heavy atom. The van der Waals surface area contributed by atoms with Crippen molar-refractivity contribution in [2.45, 2.75) is 26.3 Å². The number of nitrogens with zero attached hydrogens (tertiary/aromatic N) is 2. The Labute approximate surface area is 90.5 Å². The van der Waals surface area contributed by atoms with E-state index in [1.165, 1.54) is 0 Å². The van der Waals surface area contributed by atoms with Gasteiger partial charge in [0.25, 0.3) is 0 Å². The van der Waals surface area contributed by atoms with Crippen LogP contribution >= 0.6 is 12.2 Å². The van der Waals surface area contributed by atoms with Crippen LogP contribution in [0.2, 0.25) is 0 Å². The third-order valence-electron chi connectivity index (χ3n) is 2.70. The van der Waals surface area contributed by atoms with E-state index in [0.29, 0.717) is 12.0 Å². The van der Waals surface area contributed by atoms with E-state index >= 15 is 0 Å². The minimum atomic E-state index is 0.233. The predicted molar refractivity (Wildman–Crippen MR) is 63.2 cm³/mol. The van der Waals surface area contributed by atoms with Gasteiger partial charge in [-0.25, -0.2) is 0 Å². The van der Waals surface area contributed by atoms with Crippen molar-refractivity contribution >= 4 is 23.0 Å². The zero-order chi connectivity index (χ0) is 10.7. The molecule has 4 nitrogen and oxygen atoms in total. The topological polar surface area (TPSA) is 53.6 Å². The normalized spacial score (nSPS) is 31.8. The van der Waals surface area contributed by atoms with E-state index in [1.54, 1.807) is 0 Å². The molecule has 1 heterocycles. The first-order valence-corrected chi connectivity index (χ1v) is 5.23. The fourth-order valence-corrected chi connectivity index (χ4v) is 1.71. The molecule has 0 amide bonds. The largest absolute Gasteiger partial charge is 0.375 e. The van der Waals surface area contributed by atoms with Gasteiger partial charge in [-0.15, -0.1) is 0 Å². The first-order chi connectivity index (χ1) is 6.50. The van der Waals surface area contributed by atoms with Gasteiger partial charge >= 0.3 is 0 Å². The van der Waals surface area contributed by atoms with Crippen LogP contribution in [-0.4, -0.2) is 35.4 Å². The summed E-state index contributed by atoms with van der Waals surface area (Å²) in [4.78, 5) is 2.34. The van der Waals surface area contributed by atoms with Gasteiger partial charge < -0.3 is 10.6 Å². The van der Waals surface area contributed by atoms with E-state index < -0.39 is 0 Å². The number of thiocarbonyl (C=S) groups is 1. The fraction of sp³-hybridized carbons (Fsp3) is 0.778. The van der Waals surface area contributed by atoms with Crippen molar-refractivity contribution in [3.63, 3.8) is 0 Å². The molecule has 14 heavy (non-hydrogen) atoms. The predicted octanol–water partition coefficient (Wildman–Crippen LogP) is 0.536. The van der Waals surface area contributed by atoms with E-state index in [4.69, 9.17) is 18.0 Å². The number of nitrogens with one attached hydrogen (secondary N) is 1. The Balaban J connectivity index is 2.60. The molecule has 0 aliphatic carbocycles. The number of rotatable bonds is 1. The maximum absolute atomic E-state index is 5.32. The first-order valence-electron chi connectivity index (χ1n) is 4.83. The van der Waals surface area contributed by atoms with Gasteiger partial charge in [-0.2, -0.15) is 5.10 Å². The van der Waals surface area contributed by atoms with Crippen molar-refractivity contribution in [3.05, 3.63) is 0 Å². The van der Waals surface area contributed by atoms with Gasteiger partial charge in [-0.05, 0) is 26.2 Å². The molecular formula is C9H18N4S. The third-order valence-corrected chi connectivity index (χ3v) is 2.79. The highest BCUT2D eigenvalue weighted by Crippen LogP contribution is 2.17.